The number of hydrogen-bond acceptors (Lipinski definition) is 3. The van der Waals surface area contributed by atoms with E-state index in [1.807, 2.05) is 0 Å². The lowest BCUT2D eigenvalue weighted by atomic mass is 9.77. The van der Waals surface area contributed by atoms with Crippen LogP contribution in [0.5, 0.6) is 0 Å². The molecular weight excluding hydrogens is 257 g/mol. The van der Waals surface area contributed by atoms with Crippen LogP contribution in [-0.2, 0) is 9.53 Å². The fourth-order valence-corrected chi connectivity index (χ4v) is 3.87. The number of ether oxygens (including phenoxy) is 1. The zero-order valence-corrected chi connectivity index (χ0v) is 11.9. The van der Waals surface area contributed by atoms with E-state index in [0.29, 0.717) is 12.0 Å². The second-order valence-electron chi connectivity index (χ2n) is 5.89. The molecule has 2 aliphatic rings. The summed E-state index contributed by atoms with van der Waals surface area (Å²) in [6.45, 7) is 3.14. The highest BCUT2D eigenvalue weighted by atomic mass is 19.1. The highest BCUT2D eigenvalue weighted by Crippen LogP contribution is 2.44. The Kier molecular flexibility index (Phi) is 3.50. The van der Waals surface area contributed by atoms with Crippen molar-refractivity contribution < 1.29 is 13.9 Å². The highest BCUT2D eigenvalue weighted by molar-refractivity contribution is 5.77. The molecule has 20 heavy (non-hydrogen) atoms. The number of fused-ring (bicyclic) bond motifs is 2. The first-order valence-corrected chi connectivity index (χ1v) is 7.21. The summed E-state index contributed by atoms with van der Waals surface area (Å²) in [7, 11) is 1.44. The van der Waals surface area contributed by atoms with Gasteiger partial charge in [-0.15, -0.1) is 0 Å². The van der Waals surface area contributed by atoms with Crippen molar-refractivity contribution in [1.29, 1.82) is 0 Å². The van der Waals surface area contributed by atoms with E-state index in [4.69, 9.17) is 4.74 Å². The van der Waals surface area contributed by atoms with Gasteiger partial charge in [0.05, 0.1) is 7.11 Å². The third-order valence-electron chi connectivity index (χ3n) is 5.00. The number of nitrogens with zero attached hydrogens (tertiary/aromatic N) is 1. The smallest absolute Gasteiger partial charge is 0.323 e. The molecule has 0 amide bonds. The Bertz CT molecular complexity index is 502. The summed E-state index contributed by atoms with van der Waals surface area (Å²) in [5.74, 6) is 0.306. The SMILES string of the molecule is COC(=O)C1[C@H](c2ccc(F)cc2)CC2CCN1C2C. The Morgan fingerprint density at radius 1 is 1.35 bits per heavy atom. The summed E-state index contributed by atoms with van der Waals surface area (Å²) in [5.41, 5.74) is 1.03. The number of piperidine rings is 1. The second-order valence-corrected chi connectivity index (χ2v) is 5.89. The number of hydrogen-bond donors (Lipinski definition) is 0. The Morgan fingerprint density at radius 2 is 2.05 bits per heavy atom. The fourth-order valence-electron chi connectivity index (χ4n) is 3.87. The average molecular weight is 277 g/mol. The topological polar surface area (TPSA) is 29.5 Å². The Balaban J connectivity index is 1.95. The molecule has 1 aromatic carbocycles. The average Bonchev–Trinajstić information content (AvgIpc) is 2.70. The fraction of sp³-hybridized carbons (Fsp3) is 0.562. The molecule has 2 heterocycles. The minimum absolute atomic E-state index is 0.103. The molecule has 3 rings (SSSR count). The van der Waals surface area contributed by atoms with Crippen molar-refractivity contribution >= 4 is 5.97 Å². The van der Waals surface area contributed by atoms with Gasteiger partial charge in [0.15, 0.2) is 0 Å². The van der Waals surface area contributed by atoms with Gasteiger partial charge in [-0.1, -0.05) is 12.1 Å². The zero-order chi connectivity index (χ0) is 14.3. The molecule has 108 valence electrons. The van der Waals surface area contributed by atoms with E-state index < -0.39 is 0 Å². The predicted octanol–water partition coefficient (Wildman–Crippen LogP) is 2.57. The van der Waals surface area contributed by atoms with Gasteiger partial charge < -0.3 is 4.74 Å². The molecule has 4 unspecified atom stereocenters. The van der Waals surface area contributed by atoms with Gasteiger partial charge in [-0.2, -0.15) is 0 Å². The van der Waals surface area contributed by atoms with Crippen LogP contribution in [0, 0.1) is 11.7 Å². The normalized spacial score (nSPS) is 35.9. The molecule has 0 N–H and O–H groups in total. The third-order valence-corrected chi connectivity index (χ3v) is 5.00. The third kappa shape index (κ3) is 2.12. The number of rotatable bonds is 2. The lowest BCUT2D eigenvalue weighted by molar-refractivity contribution is -0.149. The Labute approximate surface area is 118 Å². The van der Waals surface area contributed by atoms with Crippen molar-refractivity contribution in [2.24, 2.45) is 5.92 Å². The number of carbonyl (C=O) groups is 1. The first kappa shape index (κ1) is 13.6. The van der Waals surface area contributed by atoms with Gasteiger partial charge in [0, 0.05) is 12.0 Å². The van der Waals surface area contributed by atoms with Crippen LogP contribution < -0.4 is 0 Å². The minimum atomic E-state index is -0.240. The number of benzene rings is 1. The lowest BCUT2D eigenvalue weighted by Crippen LogP contribution is -2.51. The predicted molar refractivity (Wildman–Crippen MR) is 73.8 cm³/mol. The van der Waals surface area contributed by atoms with Crippen molar-refractivity contribution in [2.45, 2.75) is 37.8 Å². The molecule has 3 nitrogen and oxygen atoms in total. The molecule has 2 bridgehead atoms. The molecule has 2 aliphatic heterocycles. The zero-order valence-electron chi connectivity index (χ0n) is 11.9. The molecule has 0 aromatic heterocycles. The van der Waals surface area contributed by atoms with Gasteiger partial charge in [0.25, 0.3) is 0 Å². The maximum absolute atomic E-state index is 13.1. The van der Waals surface area contributed by atoms with E-state index in [-0.39, 0.29) is 23.7 Å². The quantitative estimate of drug-likeness (QED) is 0.778. The molecule has 0 spiro atoms. The number of carbonyl (C=O) groups excluding carboxylic acids is 1. The van der Waals surface area contributed by atoms with Crippen LogP contribution in [0.1, 0.15) is 31.2 Å². The van der Waals surface area contributed by atoms with E-state index in [1.54, 1.807) is 12.1 Å². The van der Waals surface area contributed by atoms with Gasteiger partial charge >= 0.3 is 5.97 Å². The molecule has 2 saturated heterocycles. The molecule has 0 saturated carbocycles. The van der Waals surface area contributed by atoms with Crippen LogP contribution in [0.3, 0.4) is 0 Å². The van der Waals surface area contributed by atoms with Crippen molar-refractivity contribution in [2.75, 3.05) is 13.7 Å². The Morgan fingerprint density at radius 3 is 2.70 bits per heavy atom. The first-order valence-electron chi connectivity index (χ1n) is 7.21. The summed E-state index contributed by atoms with van der Waals surface area (Å²) >= 11 is 0. The van der Waals surface area contributed by atoms with Gasteiger partial charge in [-0.25, -0.2) is 4.39 Å². The number of esters is 1. The van der Waals surface area contributed by atoms with Crippen LogP contribution in [0.4, 0.5) is 4.39 Å². The number of methoxy groups -OCH3 is 1. The van der Waals surface area contributed by atoms with Crippen molar-refractivity contribution in [3.63, 3.8) is 0 Å². The summed E-state index contributed by atoms with van der Waals surface area (Å²) in [5, 5.41) is 0. The standard InChI is InChI=1S/C16H20FNO2/c1-10-12-7-8-18(10)15(16(19)20-2)14(9-12)11-3-5-13(17)6-4-11/h3-6,10,12,14-15H,7-9H2,1-2H3/t10?,12?,14-,15?/m0/s1. The van der Waals surface area contributed by atoms with Crippen LogP contribution in [-0.4, -0.2) is 36.6 Å². The maximum Gasteiger partial charge on any atom is 0.323 e. The lowest BCUT2D eigenvalue weighted by Gasteiger charge is -2.41. The summed E-state index contributed by atoms with van der Waals surface area (Å²) in [4.78, 5) is 14.5. The number of halogens is 1. The van der Waals surface area contributed by atoms with Crippen LogP contribution in [0.25, 0.3) is 0 Å². The van der Waals surface area contributed by atoms with Gasteiger partial charge in [0.2, 0.25) is 0 Å². The van der Waals surface area contributed by atoms with Gasteiger partial charge in [0.1, 0.15) is 11.9 Å². The van der Waals surface area contributed by atoms with E-state index >= 15 is 0 Å². The highest BCUT2D eigenvalue weighted by Gasteiger charge is 2.48. The first-order chi connectivity index (χ1) is 9.61. The van der Waals surface area contributed by atoms with Crippen molar-refractivity contribution in [3.8, 4) is 0 Å². The molecule has 2 fully saturated rings. The largest absolute Gasteiger partial charge is 0.468 e. The molecule has 4 heteroatoms. The molecular formula is C16H20FNO2. The minimum Gasteiger partial charge on any atom is -0.468 e. The molecule has 1 aromatic rings. The van der Waals surface area contributed by atoms with Crippen LogP contribution >= 0.6 is 0 Å². The van der Waals surface area contributed by atoms with E-state index in [2.05, 4.69) is 11.8 Å². The second kappa shape index (κ2) is 5.17. The van der Waals surface area contributed by atoms with E-state index in [1.165, 1.54) is 19.2 Å². The Hall–Kier alpha value is -1.42. The maximum atomic E-state index is 13.1. The summed E-state index contributed by atoms with van der Waals surface area (Å²) < 4.78 is 18.1. The van der Waals surface area contributed by atoms with Crippen LogP contribution in [0.2, 0.25) is 0 Å². The molecule has 5 atom stereocenters. The van der Waals surface area contributed by atoms with E-state index in [0.717, 1.165) is 24.9 Å². The van der Waals surface area contributed by atoms with Crippen molar-refractivity contribution in [3.05, 3.63) is 35.6 Å². The molecule has 0 aliphatic carbocycles. The van der Waals surface area contributed by atoms with E-state index in [9.17, 15) is 9.18 Å². The van der Waals surface area contributed by atoms with Gasteiger partial charge in [-0.05, 0) is 49.9 Å². The molecule has 0 radical (unpaired) electrons. The van der Waals surface area contributed by atoms with Gasteiger partial charge in [-0.3, -0.25) is 9.69 Å². The van der Waals surface area contributed by atoms with Crippen molar-refractivity contribution in [1.82, 2.24) is 4.90 Å². The monoisotopic (exact) mass is 277 g/mol. The van der Waals surface area contributed by atoms with Crippen LogP contribution in [0.15, 0.2) is 24.3 Å². The summed E-state index contributed by atoms with van der Waals surface area (Å²) in [6, 6.07) is 6.73. The summed E-state index contributed by atoms with van der Waals surface area (Å²) in [6.07, 6.45) is 2.11.